The van der Waals surface area contributed by atoms with Gasteiger partial charge in [0.1, 0.15) is 0 Å². The minimum Gasteiger partial charge on any atom is -0.356 e. The SMILES string of the molecule is CN=C(NCCc1cccc(C)c1)NCc1nnc2ccccn12. The second-order valence-electron chi connectivity index (χ2n) is 5.64. The van der Waals surface area contributed by atoms with E-state index in [0.717, 1.165) is 30.4 Å². The summed E-state index contributed by atoms with van der Waals surface area (Å²) in [7, 11) is 1.77. The molecule has 2 N–H and O–H groups in total. The Bertz CT molecular complexity index is 836. The van der Waals surface area contributed by atoms with Gasteiger partial charge in [-0.25, -0.2) is 0 Å². The predicted octanol–water partition coefficient (Wildman–Crippen LogP) is 1.95. The van der Waals surface area contributed by atoms with Crippen LogP contribution in [0.15, 0.2) is 53.7 Å². The second kappa shape index (κ2) is 7.59. The molecule has 0 radical (unpaired) electrons. The summed E-state index contributed by atoms with van der Waals surface area (Å²) < 4.78 is 1.97. The molecule has 0 aliphatic rings. The number of pyridine rings is 1. The molecule has 1 aromatic carbocycles. The van der Waals surface area contributed by atoms with Crippen molar-refractivity contribution in [3.8, 4) is 0 Å². The molecule has 6 heteroatoms. The molecule has 0 saturated heterocycles. The van der Waals surface area contributed by atoms with Crippen molar-refractivity contribution in [2.24, 2.45) is 4.99 Å². The quantitative estimate of drug-likeness (QED) is 0.556. The first-order chi connectivity index (χ1) is 11.8. The molecule has 0 bridgehead atoms. The zero-order valence-corrected chi connectivity index (χ0v) is 14.0. The lowest BCUT2D eigenvalue weighted by Gasteiger charge is -2.11. The van der Waals surface area contributed by atoms with Gasteiger partial charge < -0.3 is 10.6 Å². The number of aryl methyl sites for hydroxylation is 1. The van der Waals surface area contributed by atoms with Gasteiger partial charge in [-0.15, -0.1) is 10.2 Å². The van der Waals surface area contributed by atoms with Crippen LogP contribution in [0.1, 0.15) is 17.0 Å². The number of nitrogens with one attached hydrogen (secondary N) is 2. The first kappa shape index (κ1) is 16.0. The molecule has 0 unspecified atom stereocenters. The van der Waals surface area contributed by atoms with E-state index in [-0.39, 0.29) is 0 Å². The van der Waals surface area contributed by atoms with Crippen LogP contribution in [0.25, 0.3) is 5.65 Å². The topological polar surface area (TPSA) is 66.6 Å². The minimum absolute atomic E-state index is 0.565. The van der Waals surface area contributed by atoms with Crippen molar-refractivity contribution >= 4 is 11.6 Å². The van der Waals surface area contributed by atoms with Crippen molar-refractivity contribution in [2.75, 3.05) is 13.6 Å². The zero-order valence-electron chi connectivity index (χ0n) is 14.0. The molecular formula is C18H22N6. The van der Waals surface area contributed by atoms with Crippen LogP contribution in [0.4, 0.5) is 0 Å². The standard InChI is InChI=1S/C18H22N6/c1-14-6-5-7-15(12-14)9-10-20-18(19-2)21-13-17-23-22-16-8-3-4-11-24(16)17/h3-8,11-12H,9-10,13H2,1-2H3,(H2,19,20,21). The van der Waals surface area contributed by atoms with Gasteiger partial charge in [0.25, 0.3) is 0 Å². The Morgan fingerprint density at radius 2 is 2.04 bits per heavy atom. The zero-order chi connectivity index (χ0) is 16.8. The van der Waals surface area contributed by atoms with Crippen molar-refractivity contribution in [3.05, 3.63) is 65.6 Å². The van der Waals surface area contributed by atoms with Gasteiger partial charge in [-0.3, -0.25) is 9.39 Å². The largest absolute Gasteiger partial charge is 0.356 e. The van der Waals surface area contributed by atoms with Crippen LogP contribution in [-0.2, 0) is 13.0 Å². The second-order valence-corrected chi connectivity index (χ2v) is 5.64. The summed E-state index contributed by atoms with van der Waals surface area (Å²) in [5.41, 5.74) is 3.45. The Balaban J connectivity index is 1.52. The van der Waals surface area contributed by atoms with Gasteiger partial charge in [0.05, 0.1) is 6.54 Å². The maximum Gasteiger partial charge on any atom is 0.191 e. The highest BCUT2D eigenvalue weighted by atomic mass is 15.3. The van der Waals surface area contributed by atoms with Gasteiger partial charge >= 0.3 is 0 Å². The van der Waals surface area contributed by atoms with Crippen LogP contribution in [-0.4, -0.2) is 34.2 Å². The monoisotopic (exact) mass is 322 g/mol. The summed E-state index contributed by atoms with van der Waals surface area (Å²) in [6.45, 7) is 3.50. The predicted molar refractivity (Wildman–Crippen MR) is 96.1 cm³/mol. The molecule has 2 heterocycles. The Morgan fingerprint density at radius 3 is 2.88 bits per heavy atom. The van der Waals surface area contributed by atoms with Crippen LogP contribution in [0.3, 0.4) is 0 Å². The van der Waals surface area contributed by atoms with E-state index in [4.69, 9.17) is 0 Å². The maximum absolute atomic E-state index is 4.25. The summed E-state index contributed by atoms with van der Waals surface area (Å²) in [6, 6.07) is 14.4. The van der Waals surface area contributed by atoms with E-state index in [1.54, 1.807) is 7.05 Å². The first-order valence-electron chi connectivity index (χ1n) is 8.05. The summed E-state index contributed by atoms with van der Waals surface area (Å²) >= 11 is 0. The molecule has 0 fully saturated rings. The van der Waals surface area contributed by atoms with Crippen molar-refractivity contribution in [3.63, 3.8) is 0 Å². The molecule has 24 heavy (non-hydrogen) atoms. The number of guanidine groups is 1. The first-order valence-corrected chi connectivity index (χ1v) is 8.05. The maximum atomic E-state index is 4.25. The third-order valence-corrected chi connectivity index (χ3v) is 3.81. The smallest absolute Gasteiger partial charge is 0.191 e. The van der Waals surface area contributed by atoms with E-state index in [0.29, 0.717) is 6.54 Å². The van der Waals surface area contributed by atoms with Gasteiger partial charge in [0, 0.05) is 19.8 Å². The van der Waals surface area contributed by atoms with Crippen LogP contribution in [0.5, 0.6) is 0 Å². The number of hydrogen-bond acceptors (Lipinski definition) is 3. The fourth-order valence-corrected chi connectivity index (χ4v) is 2.59. The average molecular weight is 322 g/mol. The summed E-state index contributed by atoms with van der Waals surface area (Å²) in [5.74, 6) is 1.61. The van der Waals surface area contributed by atoms with Crippen molar-refractivity contribution in [1.82, 2.24) is 25.2 Å². The summed E-state index contributed by atoms with van der Waals surface area (Å²) in [5, 5.41) is 15.0. The molecule has 0 amide bonds. The van der Waals surface area contributed by atoms with Crippen LogP contribution >= 0.6 is 0 Å². The Hall–Kier alpha value is -2.89. The lowest BCUT2D eigenvalue weighted by Crippen LogP contribution is -2.38. The lowest BCUT2D eigenvalue weighted by molar-refractivity contribution is 0.757. The number of fused-ring (bicyclic) bond motifs is 1. The number of aliphatic imine (C=N–C) groups is 1. The molecule has 0 aliphatic carbocycles. The van der Waals surface area contributed by atoms with Crippen molar-refractivity contribution in [1.29, 1.82) is 0 Å². The molecular weight excluding hydrogens is 300 g/mol. The van der Waals surface area contributed by atoms with Crippen LogP contribution < -0.4 is 10.6 Å². The third-order valence-electron chi connectivity index (χ3n) is 3.81. The highest BCUT2D eigenvalue weighted by Crippen LogP contribution is 2.04. The number of hydrogen-bond donors (Lipinski definition) is 2. The number of nitrogens with zero attached hydrogens (tertiary/aromatic N) is 4. The van der Waals surface area contributed by atoms with Gasteiger partial charge in [-0.2, -0.15) is 0 Å². The Kier molecular flexibility index (Phi) is 5.05. The molecule has 6 nitrogen and oxygen atoms in total. The fourth-order valence-electron chi connectivity index (χ4n) is 2.59. The van der Waals surface area contributed by atoms with Gasteiger partial charge in [0.2, 0.25) is 0 Å². The molecule has 2 aromatic heterocycles. The average Bonchev–Trinajstić information content (AvgIpc) is 3.01. The molecule has 3 rings (SSSR count). The van der Waals surface area contributed by atoms with E-state index >= 15 is 0 Å². The lowest BCUT2D eigenvalue weighted by atomic mass is 10.1. The summed E-state index contributed by atoms with van der Waals surface area (Å²) in [4.78, 5) is 4.25. The molecule has 0 saturated carbocycles. The third kappa shape index (κ3) is 3.90. The Labute approximate surface area is 141 Å². The van der Waals surface area contributed by atoms with Crippen LogP contribution in [0.2, 0.25) is 0 Å². The number of aromatic nitrogens is 3. The molecule has 124 valence electrons. The van der Waals surface area contributed by atoms with Crippen molar-refractivity contribution in [2.45, 2.75) is 19.9 Å². The van der Waals surface area contributed by atoms with E-state index in [1.807, 2.05) is 28.8 Å². The fraction of sp³-hybridized carbons (Fsp3) is 0.278. The van der Waals surface area contributed by atoms with E-state index in [1.165, 1.54) is 11.1 Å². The van der Waals surface area contributed by atoms with Gasteiger partial charge in [-0.1, -0.05) is 35.9 Å². The van der Waals surface area contributed by atoms with Crippen molar-refractivity contribution < 1.29 is 0 Å². The van der Waals surface area contributed by atoms with E-state index in [2.05, 4.69) is 57.0 Å². The van der Waals surface area contributed by atoms with Crippen LogP contribution in [0, 0.1) is 6.92 Å². The normalized spacial score (nSPS) is 11.7. The number of rotatable bonds is 5. The molecule has 0 atom stereocenters. The highest BCUT2D eigenvalue weighted by Gasteiger charge is 2.05. The van der Waals surface area contributed by atoms with E-state index < -0.39 is 0 Å². The Morgan fingerprint density at radius 1 is 1.12 bits per heavy atom. The minimum atomic E-state index is 0.565. The molecule has 3 aromatic rings. The number of benzene rings is 1. The molecule has 0 aliphatic heterocycles. The van der Waals surface area contributed by atoms with Gasteiger partial charge in [-0.05, 0) is 31.0 Å². The highest BCUT2D eigenvalue weighted by molar-refractivity contribution is 5.79. The molecule has 0 spiro atoms. The summed E-state index contributed by atoms with van der Waals surface area (Å²) in [6.07, 6.45) is 2.91. The van der Waals surface area contributed by atoms with Gasteiger partial charge in [0.15, 0.2) is 17.4 Å². The van der Waals surface area contributed by atoms with E-state index in [9.17, 15) is 0 Å².